The summed E-state index contributed by atoms with van der Waals surface area (Å²) in [4.78, 5) is 2.81. The van der Waals surface area contributed by atoms with Crippen LogP contribution in [0.15, 0.2) is 0 Å². The Balaban J connectivity index is 1.69. The lowest BCUT2D eigenvalue weighted by atomic mass is 9.90. The molecule has 0 bridgehead atoms. The first-order valence-corrected chi connectivity index (χ1v) is 8.29. The highest BCUT2D eigenvalue weighted by Gasteiger charge is 2.36. The third kappa shape index (κ3) is 3.71. The predicted molar refractivity (Wildman–Crippen MR) is 78.9 cm³/mol. The summed E-state index contributed by atoms with van der Waals surface area (Å²) in [5.74, 6) is 0.946. The third-order valence-electron chi connectivity index (χ3n) is 5.01. The van der Waals surface area contributed by atoms with Crippen molar-refractivity contribution in [3.05, 3.63) is 0 Å². The zero-order valence-electron chi connectivity index (χ0n) is 12.5. The standard InChI is InChI=1S/C16H32N2/c1-3-4-5-6-7-9-14(2)18-11-8-10-15-12-17-13-16(15)18/h14-17H,3-13H2,1-2H3. The molecule has 2 aliphatic heterocycles. The summed E-state index contributed by atoms with van der Waals surface area (Å²) in [6, 6.07) is 1.66. The van der Waals surface area contributed by atoms with E-state index in [1.165, 1.54) is 71.0 Å². The van der Waals surface area contributed by atoms with Gasteiger partial charge in [0.05, 0.1) is 0 Å². The van der Waals surface area contributed by atoms with Crippen LogP contribution in [0.1, 0.15) is 65.2 Å². The Morgan fingerprint density at radius 1 is 1.17 bits per heavy atom. The second-order valence-corrected chi connectivity index (χ2v) is 6.42. The van der Waals surface area contributed by atoms with Gasteiger partial charge in [0.15, 0.2) is 0 Å². The Hall–Kier alpha value is -0.0800. The van der Waals surface area contributed by atoms with Crippen molar-refractivity contribution in [2.75, 3.05) is 19.6 Å². The van der Waals surface area contributed by atoms with Gasteiger partial charge >= 0.3 is 0 Å². The predicted octanol–water partition coefficient (Wildman–Crippen LogP) is 3.42. The summed E-state index contributed by atoms with van der Waals surface area (Å²) in [5.41, 5.74) is 0. The monoisotopic (exact) mass is 252 g/mol. The molecule has 2 aliphatic rings. The van der Waals surface area contributed by atoms with Gasteiger partial charge in [-0.05, 0) is 45.2 Å². The lowest BCUT2D eigenvalue weighted by Gasteiger charge is -2.41. The van der Waals surface area contributed by atoms with E-state index in [0.29, 0.717) is 0 Å². The molecule has 1 N–H and O–H groups in total. The maximum absolute atomic E-state index is 3.59. The highest BCUT2D eigenvalue weighted by molar-refractivity contribution is 4.93. The molecule has 0 aromatic heterocycles. The van der Waals surface area contributed by atoms with Gasteiger partial charge in [-0.3, -0.25) is 4.90 Å². The summed E-state index contributed by atoms with van der Waals surface area (Å²) < 4.78 is 0. The van der Waals surface area contributed by atoms with Gasteiger partial charge in [0.2, 0.25) is 0 Å². The van der Waals surface area contributed by atoms with Crippen molar-refractivity contribution >= 4 is 0 Å². The number of unbranched alkanes of at least 4 members (excludes halogenated alkanes) is 4. The maximum Gasteiger partial charge on any atom is 0.0263 e. The molecular weight excluding hydrogens is 220 g/mol. The Kier molecular flexibility index (Phi) is 5.97. The molecule has 3 atom stereocenters. The molecule has 2 nitrogen and oxygen atoms in total. The second-order valence-electron chi connectivity index (χ2n) is 6.42. The molecule has 0 aliphatic carbocycles. The Bertz CT molecular complexity index is 229. The number of nitrogens with zero attached hydrogens (tertiary/aromatic N) is 1. The molecular formula is C16H32N2. The van der Waals surface area contributed by atoms with E-state index in [1.54, 1.807) is 0 Å². The highest BCUT2D eigenvalue weighted by Crippen LogP contribution is 2.29. The average Bonchev–Trinajstić information content (AvgIpc) is 2.86. The van der Waals surface area contributed by atoms with Gasteiger partial charge in [0.25, 0.3) is 0 Å². The quantitative estimate of drug-likeness (QED) is 0.698. The number of likely N-dealkylation sites (tertiary alicyclic amines) is 1. The van der Waals surface area contributed by atoms with Crippen molar-refractivity contribution in [1.29, 1.82) is 0 Å². The molecule has 3 unspecified atom stereocenters. The van der Waals surface area contributed by atoms with Crippen LogP contribution in [0.25, 0.3) is 0 Å². The molecule has 2 heteroatoms. The Morgan fingerprint density at radius 3 is 2.83 bits per heavy atom. The van der Waals surface area contributed by atoms with E-state index < -0.39 is 0 Å². The first-order chi connectivity index (χ1) is 8.83. The molecule has 0 radical (unpaired) electrons. The molecule has 2 rings (SSSR count). The minimum Gasteiger partial charge on any atom is -0.315 e. The van der Waals surface area contributed by atoms with Gasteiger partial charge in [-0.1, -0.05) is 39.0 Å². The van der Waals surface area contributed by atoms with Crippen molar-refractivity contribution in [1.82, 2.24) is 10.2 Å². The van der Waals surface area contributed by atoms with E-state index in [2.05, 4.69) is 24.1 Å². The molecule has 18 heavy (non-hydrogen) atoms. The minimum atomic E-state index is 0.805. The van der Waals surface area contributed by atoms with E-state index in [9.17, 15) is 0 Å². The number of hydrogen-bond acceptors (Lipinski definition) is 2. The van der Waals surface area contributed by atoms with Crippen LogP contribution < -0.4 is 5.32 Å². The van der Waals surface area contributed by atoms with E-state index in [4.69, 9.17) is 0 Å². The van der Waals surface area contributed by atoms with Gasteiger partial charge in [0, 0.05) is 18.6 Å². The van der Waals surface area contributed by atoms with Gasteiger partial charge in [-0.15, -0.1) is 0 Å². The van der Waals surface area contributed by atoms with Crippen molar-refractivity contribution in [3.8, 4) is 0 Å². The van der Waals surface area contributed by atoms with Crippen LogP contribution in [0.4, 0.5) is 0 Å². The van der Waals surface area contributed by atoms with Gasteiger partial charge in [0.1, 0.15) is 0 Å². The number of rotatable bonds is 7. The summed E-state index contributed by atoms with van der Waals surface area (Å²) in [7, 11) is 0. The lowest BCUT2D eigenvalue weighted by Crippen LogP contribution is -2.49. The fourth-order valence-corrected chi connectivity index (χ4v) is 3.86. The number of fused-ring (bicyclic) bond motifs is 1. The molecule has 106 valence electrons. The zero-order valence-corrected chi connectivity index (χ0v) is 12.5. The minimum absolute atomic E-state index is 0.805. The van der Waals surface area contributed by atoms with Gasteiger partial charge in [-0.25, -0.2) is 0 Å². The zero-order chi connectivity index (χ0) is 12.8. The van der Waals surface area contributed by atoms with Crippen molar-refractivity contribution in [2.45, 2.75) is 77.3 Å². The summed E-state index contributed by atoms with van der Waals surface area (Å²) in [6.07, 6.45) is 11.4. The fourth-order valence-electron chi connectivity index (χ4n) is 3.86. The smallest absolute Gasteiger partial charge is 0.0263 e. The molecule has 2 fully saturated rings. The van der Waals surface area contributed by atoms with E-state index >= 15 is 0 Å². The van der Waals surface area contributed by atoms with Crippen LogP contribution >= 0.6 is 0 Å². The maximum atomic E-state index is 3.59. The van der Waals surface area contributed by atoms with Crippen LogP contribution in [-0.4, -0.2) is 36.6 Å². The normalized spacial score (nSPS) is 30.3. The van der Waals surface area contributed by atoms with E-state index in [1.807, 2.05) is 0 Å². The molecule has 0 aromatic carbocycles. The number of piperidine rings is 1. The average molecular weight is 252 g/mol. The van der Waals surface area contributed by atoms with Crippen molar-refractivity contribution in [3.63, 3.8) is 0 Å². The molecule has 0 spiro atoms. The largest absolute Gasteiger partial charge is 0.315 e. The van der Waals surface area contributed by atoms with E-state index in [-0.39, 0.29) is 0 Å². The SMILES string of the molecule is CCCCCCCC(C)N1CCCC2CNCC21. The first kappa shape index (κ1) is 14.3. The van der Waals surface area contributed by atoms with Crippen LogP contribution in [0.2, 0.25) is 0 Å². The second kappa shape index (κ2) is 7.49. The highest BCUT2D eigenvalue weighted by atomic mass is 15.2. The number of hydrogen-bond donors (Lipinski definition) is 1. The summed E-state index contributed by atoms with van der Waals surface area (Å²) in [6.45, 7) is 8.61. The topological polar surface area (TPSA) is 15.3 Å². The first-order valence-electron chi connectivity index (χ1n) is 8.29. The van der Waals surface area contributed by atoms with Gasteiger partial charge < -0.3 is 5.32 Å². The Morgan fingerprint density at radius 2 is 2.00 bits per heavy atom. The van der Waals surface area contributed by atoms with Gasteiger partial charge in [-0.2, -0.15) is 0 Å². The lowest BCUT2D eigenvalue weighted by molar-refractivity contribution is 0.0795. The van der Waals surface area contributed by atoms with Crippen molar-refractivity contribution < 1.29 is 0 Å². The fraction of sp³-hybridized carbons (Fsp3) is 1.00. The summed E-state index contributed by atoms with van der Waals surface area (Å²) in [5, 5.41) is 3.59. The van der Waals surface area contributed by atoms with Crippen LogP contribution in [0, 0.1) is 5.92 Å². The number of nitrogens with one attached hydrogen (secondary N) is 1. The Labute approximate surface area is 114 Å². The summed E-state index contributed by atoms with van der Waals surface area (Å²) >= 11 is 0. The molecule has 0 saturated carbocycles. The van der Waals surface area contributed by atoms with E-state index in [0.717, 1.165) is 18.0 Å². The molecule has 0 amide bonds. The van der Waals surface area contributed by atoms with Crippen LogP contribution in [0.3, 0.4) is 0 Å². The molecule has 2 heterocycles. The van der Waals surface area contributed by atoms with Crippen molar-refractivity contribution in [2.24, 2.45) is 5.92 Å². The third-order valence-corrected chi connectivity index (χ3v) is 5.01. The molecule has 0 aromatic rings. The van der Waals surface area contributed by atoms with Crippen LogP contribution in [-0.2, 0) is 0 Å². The van der Waals surface area contributed by atoms with Crippen LogP contribution in [0.5, 0.6) is 0 Å². The molecule has 2 saturated heterocycles.